The first-order valence-corrected chi connectivity index (χ1v) is 5.31. The maximum absolute atomic E-state index is 10.3. The molecule has 0 bridgehead atoms. The first kappa shape index (κ1) is 11.7. The molecule has 4 heteroatoms. The Kier molecular flexibility index (Phi) is 4.14. The van der Waals surface area contributed by atoms with Crippen molar-refractivity contribution in [3.63, 3.8) is 0 Å². The fourth-order valence-electron chi connectivity index (χ4n) is 2.14. The number of aliphatic hydroxyl groups is 1. The molecule has 0 atom stereocenters. The fraction of sp³-hybridized carbons (Fsp3) is 0.900. The van der Waals surface area contributed by atoms with Crippen molar-refractivity contribution in [1.29, 1.82) is 0 Å². The van der Waals surface area contributed by atoms with Crippen LogP contribution in [0.15, 0.2) is 0 Å². The highest BCUT2D eigenvalue weighted by Crippen LogP contribution is 2.28. The summed E-state index contributed by atoms with van der Waals surface area (Å²) in [5.41, 5.74) is -0.499. The Morgan fingerprint density at radius 1 is 1.50 bits per heavy atom. The Hall–Kier alpha value is -0.345. The van der Waals surface area contributed by atoms with E-state index in [0.717, 1.165) is 38.5 Å². The van der Waals surface area contributed by atoms with Crippen molar-refractivity contribution in [2.24, 2.45) is 5.92 Å². The van der Waals surface area contributed by atoms with Crippen LogP contribution in [0, 0.1) is 5.92 Å². The number of hydrogen-bond donors (Lipinski definition) is 1. The summed E-state index contributed by atoms with van der Waals surface area (Å²) in [6.45, 7) is 5.84. The summed E-state index contributed by atoms with van der Waals surface area (Å²) in [5, 5.41) is 10.2. The summed E-state index contributed by atoms with van der Waals surface area (Å²) in [4.78, 5) is 12.2. The maximum Gasteiger partial charge on any atom is 0.293 e. The molecule has 0 aliphatic carbocycles. The van der Waals surface area contributed by atoms with Crippen LogP contribution in [0.4, 0.5) is 0 Å². The molecule has 0 spiro atoms. The summed E-state index contributed by atoms with van der Waals surface area (Å²) >= 11 is 0. The molecule has 0 aromatic heterocycles. The van der Waals surface area contributed by atoms with Gasteiger partial charge in [-0.05, 0) is 38.3 Å². The van der Waals surface area contributed by atoms with Crippen LogP contribution in [0.5, 0.6) is 0 Å². The van der Waals surface area contributed by atoms with Gasteiger partial charge in [-0.1, -0.05) is 13.8 Å². The number of carbonyl (C=O) groups is 1. The topological polar surface area (TPSA) is 40.5 Å². The van der Waals surface area contributed by atoms with Gasteiger partial charge in [0.05, 0.1) is 11.8 Å². The molecule has 1 rings (SSSR count). The monoisotopic (exact) mass is 196 g/mol. The zero-order valence-corrected chi connectivity index (χ0v) is 9.07. The van der Waals surface area contributed by atoms with Crippen LogP contribution < -0.4 is 0 Å². The second-order valence-corrected chi connectivity index (χ2v) is 4.64. The zero-order chi connectivity index (χ0) is 10.6. The molecule has 0 saturated carbocycles. The van der Waals surface area contributed by atoms with Crippen LogP contribution in [0.1, 0.15) is 33.1 Å². The van der Waals surface area contributed by atoms with Gasteiger partial charge in [0.2, 0.25) is 0 Å². The summed E-state index contributed by atoms with van der Waals surface area (Å²) in [6, 6.07) is 0. The van der Waals surface area contributed by atoms with E-state index in [1.54, 1.807) is 7.41 Å². The van der Waals surface area contributed by atoms with Crippen LogP contribution >= 0.6 is 0 Å². The van der Waals surface area contributed by atoms with Gasteiger partial charge in [-0.25, -0.2) is 0 Å². The smallest absolute Gasteiger partial charge is 0.293 e. The summed E-state index contributed by atoms with van der Waals surface area (Å²) in [5.74, 6) is 0.529. The molecule has 3 nitrogen and oxygen atoms in total. The van der Waals surface area contributed by atoms with Crippen LogP contribution in [0.25, 0.3) is 0 Å². The Balaban J connectivity index is 2.36. The molecule has 1 saturated heterocycles. The molecule has 79 valence electrons. The third-order valence-corrected chi connectivity index (χ3v) is 2.79. The Labute approximate surface area is 86.7 Å². The fourth-order valence-corrected chi connectivity index (χ4v) is 2.14. The molecule has 1 N–H and O–H groups in total. The summed E-state index contributed by atoms with van der Waals surface area (Å²) in [7, 11) is 1.56. The first-order valence-electron chi connectivity index (χ1n) is 5.31. The molecule has 0 unspecified atom stereocenters. The van der Waals surface area contributed by atoms with Crippen molar-refractivity contribution in [3.8, 4) is 0 Å². The maximum atomic E-state index is 10.3. The molecule has 0 amide bonds. The average Bonchev–Trinajstić information content (AvgIpc) is 2.08. The molecule has 1 heterocycles. The van der Waals surface area contributed by atoms with E-state index in [2.05, 4.69) is 13.8 Å². The Bertz CT molecular complexity index is 189. The molecular formula is C10H19BNO2. The molecule has 1 aliphatic heterocycles. The van der Waals surface area contributed by atoms with Crippen LogP contribution in [0.3, 0.4) is 0 Å². The second-order valence-electron chi connectivity index (χ2n) is 4.64. The Morgan fingerprint density at radius 2 is 2.07 bits per heavy atom. The van der Waals surface area contributed by atoms with E-state index in [9.17, 15) is 9.90 Å². The van der Waals surface area contributed by atoms with Gasteiger partial charge in [0, 0.05) is 0 Å². The SMILES string of the molecule is CC(C)CC1(O)CCN([B]C=O)CC1. The number of hydrogen-bond acceptors (Lipinski definition) is 3. The highest BCUT2D eigenvalue weighted by Gasteiger charge is 2.32. The van der Waals surface area contributed by atoms with Gasteiger partial charge in [-0.15, -0.1) is 0 Å². The lowest BCUT2D eigenvalue weighted by Crippen LogP contribution is -2.46. The summed E-state index contributed by atoms with van der Waals surface area (Å²) < 4.78 is 0. The number of rotatable bonds is 4. The molecular weight excluding hydrogens is 177 g/mol. The van der Waals surface area contributed by atoms with Crippen LogP contribution in [0.2, 0.25) is 0 Å². The van der Waals surface area contributed by atoms with Gasteiger partial charge in [0.15, 0.2) is 0 Å². The highest BCUT2D eigenvalue weighted by molar-refractivity contribution is 6.64. The third kappa shape index (κ3) is 3.43. The van der Waals surface area contributed by atoms with Gasteiger partial charge in [0.25, 0.3) is 7.41 Å². The van der Waals surface area contributed by atoms with E-state index >= 15 is 0 Å². The van der Waals surface area contributed by atoms with E-state index in [4.69, 9.17) is 0 Å². The minimum atomic E-state index is -0.499. The van der Waals surface area contributed by atoms with Crippen molar-refractivity contribution >= 4 is 13.6 Å². The van der Waals surface area contributed by atoms with Gasteiger partial charge >= 0.3 is 0 Å². The molecule has 1 aliphatic rings. The minimum Gasteiger partial charge on any atom is -0.390 e. The Morgan fingerprint density at radius 3 is 2.50 bits per heavy atom. The van der Waals surface area contributed by atoms with Crippen LogP contribution in [-0.4, -0.2) is 42.2 Å². The quantitative estimate of drug-likeness (QED) is 0.530. The van der Waals surface area contributed by atoms with Crippen molar-refractivity contribution in [2.45, 2.75) is 38.7 Å². The van der Waals surface area contributed by atoms with E-state index in [0.29, 0.717) is 5.92 Å². The van der Waals surface area contributed by atoms with Gasteiger partial charge in [-0.2, -0.15) is 0 Å². The van der Waals surface area contributed by atoms with Gasteiger partial charge in [0.1, 0.15) is 0 Å². The minimum absolute atomic E-state index is 0.499. The van der Waals surface area contributed by atoms with Crippen molar-refractivity contribution in [3.05, 3.63) is 0 Å². The number of piperidine rings is 1. The lowest BCUT2D eigenvalue weighted by Gasteiger charge is -2.38. The standard InChI is InChI=1S/C10H19BNO2/c1-9(2)7-10(14)3-5-12(6-4-10)11-8-13/h8-9,14H,3-7H2,1-2H3. The zero-order valence-electron chi connectivity index (χ0n) is 9.07. The van der Waals surface area contributed by atoms with E-state index < -0.39 is 5.60 Å². The van der Waals surface area contributed by atoms with Crippen molar-refractivity contribution in [2.75, 3.05) is 13.1 Å². The normalized spacial score (nSPS) is 22.3. The average molecular weight is 196 g/mol. The second kappa shape index (κ2) is 4.94. The van der Waals surface area contributed by atoms with Crippen molar-refractivity contribution in [1.82, 2.24) is 4.81 Å². The number of carbonyl (C=O) groups excluding carboxylic acids is 1. The predicted octanol–water partition coefficient (Wildman–Crippen LogP) is 0.669. The third-order valence-electron chi connectivity index (χ3n) is 2.79. The highest BCUT2D eigenvalue weighted by atomic mass is 16.3. The predicted molar refractivity (Wildman–Crippen MR) is 57.7 cm³/mol. The molecule has 1 fully saturated rings. The van der Waals surface area contributed by atoms with E-state index in [1.165, 1.54) is 0 Å². The van der Waals surface area contributed by atoms with E-state index in [1.807, 2.05) is 4.81 Å². The lowest BCUT2D eigenvalue weighted by molar-refractivity contribution is -0.0219. The molecule has 1 radical (unpaired) electrons. The van der Waals surface area contributed by atoms with Crippen LogP contribution in [-0.2, 0) is 4.79 Å². The van der Waals surface area contributed by atoms with E-state index in [-0.39, 0.29) is 0 Å². The molecule has 14 heavy (non-hydrogen) atoms. The largest absolute Gasteiger partial charge is 0.390 e. The molecule has 0 aromatic carbocycles. The summed E-state index contributed by atoms with van der Waals surface area (Å²) in [6.07, 6.45) is 3.22. The van der Waals surface area contributed by atoms with Crippen molar-refractivity contribution < 1.29 is 9.90 Å². The van der Waals surface area contributed by atoms with Gasteiger partial charge < -0.3 is 14.7 Å². The lowest BCUT2D eigenvalue weighted by atomic mass is 9.80. The first-order chi connectivity index (χ1) is 6.56. The molecule has 0 aromatic rings. The van der Waals surface area contributed by atoms with Gasteiger partial charge in [-0.3, -0.25) is 0 Å². The number of nitrogens with zero attached hydrogens (tertiary/aromatic N) is 1.